The van der Waals surface area contributed by atoms with Crippen LogP contribution in [-0.4, -0.2) is 85.7 Å². The molecule has 2 aliphatic rings. The summed E-state index contributed by atoms with van der Waals surface area (Å²) in [5.74, 6) is -0.609. The van der Waals surface area contributed by atoms with Gasteiger partial charge in [-0.05, 0) is 33.4 Å². The molecule has 0 aromatic heterocycles. The third-order valence-electron chi connectivity index (χ3n) is 11.7. The highest BCUT2D eigenvalue weighted by Gasteiger charge is 2.55. The largest absolute Gasteiger partial charge is 0.457 e. The van der Waals surface area contributed by atoms with Crippen molar-refractivity contribution in [2.45, 2.75) is 108 Å². The smallest absolute Gasteiger partial charge is 0.303 e. The first kappa shape index (κ1) is 48.8. The van der Waals surface area contributed by atoms with Gasteiger partial charge in [0.2, 0.25) is 0 Å². The Balaban J connectivity index is 1.17. The monoisotopic (exact) mass is 924 g/mol. The third kappa shape index (κ3) is 14.2. The minimum absolute atomic E-state index is 0.0532. The zero-order chi connectivity index (χ0) is 46.8. The van der Waals surface area contributed by atoms with Gasteiger partial charge in [0.1, 0.15) is 42.7 Å². The summed E-state index contributed by atoms with van der Waals surface area (Å²) in [6, 6.07) is 58.7. The summed E-state index contributed by atoms with van der Waals surface area (Å²) in [5.41, 5.74) is 5.57. The van der Waals surface area contributed by atoms with Crippen LogP contribution in [0.15, 0.2) is 182 Å². The molecule has 2 saturated heterocycles. The van der Waals surface area contributed by atoms with Gasteiger partial charge in [0.25, 0.3) is 0 Å². The number of rotatable bonds is 23. The number of aliphatic hydroxyl groups excluding tert-OH is 1. The summed E-state index contributed by atoms with van der Waals surface area (Å²) >= 11 is 0. The van der Waals surface area contributed by atoms with Gasteiger partial charge in [-0.3, -0.25) is 4.79 Å². The van der Waals surface area contributed by atoms with Crippen LogP contribution in [0.2, 0.25) is 0 Å². The van der Waals surface area contributed by atoms with Crippen molar-refractivity contribution in [3.05, 3.63) is 215 Å². The van der Waals surface area contributed by atoms with Crippen LogP contribution in [0.1, 0.15) is 40.3 Å². The first-order valence-electron chi connectivity index (χ1n) is 23.1. The molecule has 2 aliphatic heterocycles. The summed E-state index contributed by atoms with van der Waals surface area (Å²) in [5, 5.41) is 11.7. The van der Waals surface area contributed by atoms with Gasteiger partial charge in [0.15, 0.2) is 18.7 Å². The minimum Gasteiger partial charge on any atom is -0.457 e. The van der Waals surface area contributed by atoms with Crippen LogP contribution in [0.5, 0.6) is 0 Å². The normalized spacial score (nSPS) is 24.9. The van der Waals surface area contributed by atoms with Crippen molar-refractivity contribution in [2.75, 3.05) is 13.2 Å². The van der Waals surface area contributed by atoms with Gasteiger partial charge in [-0.15, -0.1) is 0 Å². The summed E-state index contributed by atoms with van der Waals surface area (Å²) in [6.45, 7) is 2.61. The second-order valence-corrected chi connectivity index (χ2v) is 16.8. The van der Waals surface area contributed by atoms with E-state index in [1.165, 1.54) is 6.92 Å². The Kier molecular flexibility index (Phi) is 18.4. The van der Waals surface area contributed by atoms with Gasteiger partial charge < -0.3 is 52.5 Å². The maximum Gasteiger partial charge on any atom is 0.303 e. The van der Waals surface area contributed by atoms with Crippen molar-refractivity contribution in [3.8, 4) is 0 Å². The molecule has 8 rings (SSSR count). The lowest BCUT2D eigenvalue weighted by Gasteiger charge is -2.49. The number of hydrogen-bond donors (Lipinski definition) is 1. The van der Waals surface area contributed by atoms with E-state index in [1.54, 1.807) is 0 Å². The molecule has 2 heterocycles. The standard InChI is InChI=1S/C56H60O12/c1-40(57)65-52-50(48(39-60-33-42-22-10-3-11-23-42)66-55(58)53(52)63-36-45-28-16-6-17-29-45)68-56-54(64-37-46-30-18-7-19-31-46)51(62-35-44-26-14-5-15-27-44)49(61-34-43-24-12-4-13-25-43)47(67-56)38-59-32-41-20-8-2-9-21-41/h2-31,47-56,58H,32-39H2,1H3/t47-,48-,49-,50-,51+,52+,53-,54-,55-,56+/m1/s1. The number of benzene rings is 6. The highest BCUT2D eigenvalue weighted by Crippen LogP contribution is 2.36. The highest BCUT2D eigenvalue weighted by atomic mass is 16.8. The van der Waals surface area contributed by atoms with Crippen LogP contribution in [0, 0.1) is 0 Å². The number of ether oxygens (including phenoxy) is 10. The second kappa shape index (κ2) is 25.7. The van der Waals surface area contributed by atoms with Crippen molar-refractivity contribution in [2.24, 2.45) is 0 Å². The predicted octanol–water partition coefficient (Wildman–Crippen LogP) is 8.52. The van der Waals surface area contributed by atoms with Gasteiger partial charge in [0.05, 0.1) is 52.9 Å². The molecule has 0 amide bonds. The van der Waals surface area contributed by atoms with Gasteiger partial charge in [-0.2, -0.15) is 0 Å². The van der Waals surface area contributed by atoms with E-state index in [9.17, 15) is 9.90 Å². The molecular formula is C56H60O12. The Morgan fingerprint density at radius 3 is 1.15 bits per heavy atom. The Bertz CT molecular complexity index is 2330. The second-order valence-electron chi connectivity index (χ2n) is 16.8. The van der Waals surface area contributed by atoms with E-state index in [0.29, 0.717) is 6.61 Å². The Morgan fingerprint density at radius 2 is 0.750 bits per heavy atom. The Hall–Kier alpha value is -5.61. The quantitative estimate of drug-likeness (QED) is 0.0619. The van der Waals surface area contributed by atoms with Crippen molar-refractivity contribution in [3.63, 3.8) is 0 Å². The highest BCUT2D eigenvalue weighted by molar-refractivity contribution is 5.66. The average Bonchev–Trinajstić information content (AvgIpc) is 3.37. The molecule has 12 heteroatoms. The predicted molar refractivity (Wildman–Crippen MR) is 252 cm³/mol. The molecular weight excluding hydrogens is 865 g/mol. The molecule has 0 unspecified atom stereocenters. The van der Waals surface area contributed by atoms with E-state index in [4.69, 9.17) is 47.4 Å². The number of aliphatic hydroxyl groups is 1. The first-order valence-corrected chi connectivity index (χ1v) is 23.1. The molecule has 0 radical (unpaired) electrons. The fraction of sp³-hybridized carbons (Fsp3) is 0.339. The van der Waals surface area contributed by atoms with Crippen molar-refractivity contribution in [1.82, 2.24) is 0 Å². The molecule has 0 aliphatic carbocycles. The zero-order valence-electron chi connectivity index (χ0n) is 38.2. The molecule has 10 atom stereocenters. The van der Waals surface area contributed by atoms with Gasteiger partial charge in [-0.1, -0.05) is 182 Å². The van der Waals surface area contributed by atoms with Crippen LogP contribution < -0.4 is 0 Å². The number of hydrogen-bond acceptors (Lipinski definition) is 12. The van der Waals surface area contributed by atoms with Crippen LogP contribution in [0.25, 0.3) is 0 Å². The molecule has 0 bridgehead atoms. The summed E-state index contributed by atoms with van der Waals surface area (Å²) in [7, 11) is 0. The molecule has 6 aromatic rings. The van der Waals surface area contributed by atoms with Crippen molar-refractivity contribution < 1.29 is 57.3 Å². The first-order chi connectivity index (χ1) is 33.5. The summed E-state index contributed by atoms with van der Waals surface area (Å²) in [4.78, 5) is 13.1. The van der Waals surface area contributed by atoms with Crippen LogP contribution >= 0.6 is 0 Å². The van der Waals surface area contributed by atoms with Gasteiger partial charge >= 0.3 is 5.97 Å². The fourth-order valence-corrected chi connectivity index (χ4v) is 8.34. The van der Waals surface area contributed by atoms with E-state index in [0.717, 1.165) is 33.4 Å². The van der Waals surface area contributed by atoms with Gasteiger partial charge in [-0.25, -0.2) is 0 Å². The number of carbonyl (C=O) groups is 1. The molecule has 2 fully saturated rings. The number of carbonyl (C=O) groups excluding carboxylic acids is 1. The lowest BCUT2D eigenvalue weighted by molar-refractivity contribution is -0.371. The SMILES string of the molecule is CC(=O)O[C@@H]1[C@@H](OCc2ccccc2)[C@H](O)O[C@H](COCc2ccccc2)[C@H]1O[C@@H]1O[C@H](COCc2ccccc2)[C@@H](OCc2ccccc2)[C@H](OCc2ccccc2)[C@H]1OCc1ccccc1. The summed E-state index contributed by atoms with van der Waals surface area (Å²) < 4.78 is 66.5. The van der Waals surface area contributed by atoms with E-state index >= 15 is 0 Å². The van der Waals surface area contributed by atoms with Gasteiger partial charge in [0, 0.05) is 6.92 Å². The molecule has 12 nitrogen and oxygen atoms in total. The number of esters is 1. The maximum absolute atomic E-state index is 13.1. The summed E-state index contributed by atoms with van der Waals surface area (Å²) in [6.07, 6.45) is -10.5. The molecule has 68 heavy (non-hydrogen) atoms. The van der Waals surface area contributed by atoms with Crippen LogP contribution in [-0.2, 0) is 91.8 Å². The molecule has 0 spiro atoms. The molecule has 356 valence electrons. The third-order valence-corrected chi connectivity index (χ3v) is 11.7. The van der Waals surface area contributed by atoms with Crippen molar-refractivity contribution >= 4 is 5.97 Å². The fourth-order valence-electron chi connectivity index (χ4n) is 8.34. The lowest BCUT2D eigenvalue weighted by atomic mass is 9.95. The molecule has 6 aromatic carbocycles. The average molecular weight is 925 g/mol. The van der Waals surface area contributed by atoms with Crippen LogP contribution in [0.3, 0.4) is 0 Å². The van der Waals surface area contributed by atoms with E-state index in [-0.39, 0.29) is 46.2 Å². The van der Waals surface area contributed by atoms with E-state index in [1.807, 2.05) is 182 Å². The molecule has 1 N–H and O–H groups in total. The van der Waals surface area contributed by atoms with Crippen molar-refractivity contribution in [1.29, 1.82) is 0 Å². The van der Waals surface area contributed by atoms with E-state index < -0.39 is 67.4 Å². The van der Waals surface area contributed by atoms with Crippen LogP contribution in [0.4, 0.5) is 0 Å². The lowest BCUT2D eigenvalue weighted by Crippen LogP contribution is -2.66. The zero-order valence-corrected chi connectivity index (χ0v) is 38.2. The topological polar surface area (TPSA) is 130 Å². The Labute approximate surface area is 398 Å². The van der Waals surface area contributed by atoms with E-state index in [2.05, 4.69) is 0 Å². The minimum atomic E-state index is -1.53. The maximum atomic E-state index is 13.1. The molecule has 0 saturated carbocycles. The Morgan fingerprint density at radius 1 is 0.412 bits per heavy atom.